The number of carboxylic acids is 1. The molecule has 0 radical (unpaired) electrons. The maximum atomic E-state index is 10.4. The molecular weight excluding hydrogens is 264 g/mol. The van der Waals surface area contributed by atoms with Gasteiger partial charge in [-0.05, 0) is 36.4 Å². The Balaban J connectivity index is 2.78. The number of hydrogen-bond donors (Lipinski definition) is 1. The first-order valence-corrected chi connectivity index (χ1v) is 6.19. The van der Waals surface area contributed by atoms with Gasteiger partial charge in [-0.25, -0.2) is 0 Å². The quantitative estimate of drug-likeness (QED) is 0.857. The summed E-state index contributed by atoms with van der Waals surface area (Å²) in [5.74, 6) is -0.758. The van der Waals surface area contributed by atoms with Crippen LogP contribution in [0, 0.1) is 0 Å². The summed E-state index contributed by atoms with van der Waals surface area (Å²) in [5.41, 5.74) is 1.05. The summed E-state index contributed by atoms with van der Waals surface area (Å²) in [5, 5.41) is 8.57. The van der Waals surface area contributed by atoms with Crippen LogP contribution in [0.3, 0.4) is 0 Å². The fourth-order valence-electron chi connectivity index (χ4n) is 1.11. The number of carboxylic acid groups (broad SMARTS) is 1. The van der Waals surface area contributed by atoms with Crippen molar-refractivity contribution in [2.24, 2.45) is 0 Å². The van der Waals surface area contributed by atoms with Gasteiger partial charge in [-0.1, -0.05) is 15.9 Å². The first-order chi connectivity index (χ1) is 6.63. The number of carbonyl (C=O) groups is 1. The number of halogens is 1. The number of benzene rings is 1. The lowest BCUT2D eigenvalue weighted by Crippen LogP contribution is -1.98. The highest BCUT2D eigenvalue weighted by atomic mass is 79.9. The summed E-state index contributed by atoms with van der Waals surface area (Å²) in [6, 6.07) is 6.00. The standard InChI is InChI=1S/C10H11BrO2S/c1-14-8-3-4-9(11)7(6-8)2-5-10(12)13/h3-4,6H,2,5H2,1H3,(H,12,13). The molecule has 0 amide bonds. The highest BCUT2D eigenvalue weighted by Crippen LogP contribution is 2.24. The van der Waals surface area contributed by atoms with Gasteiger partial charge in [0.25, 0.3) is 0 Å². The van der Waals surface area contributed by atoms with Gasteiger partial charge >= 0.3 is 5.97 Å². The molecule has 0 aliphatic heterocycles. The van der Waals surface area contributed by atoms with Crippen molar-refractivity contribution < 1.29 is 9.90 Å². The van der Waals surface area contributed by atoms with Crippen LogP contribution in [-0.2, 0) is 11.2 Å². The molecule has 1 rings (SSSR count). The fourth-order valence-corrected chi connectivity index (χ4v) is 2.02. The Morgan fingerprint density at radius 2 is 2.29 bits per heavy atom. The minimum Gasteiger partial charge on any atom is -0.481 e. The van der Waals surface area contributed by atoms with Crippen molar-refractivity contribution in [1.29, 1.82) is 0 Å². The minimum absolute atomic E-state index is 0.177. The molecule has 1 N–H and O–H groups in total. The van der Waals surface area contributed by atoms with E-state index < -0.39 is 5.97 Å². The van der Waals surface area contributed by atoms with Crippen molar-refractivity contribution >= 4 is 33.7 Å². The summed E-state index contributed by atoms with van der Waals surface area (Å²) < 4.78 is 0.983. The van der Waals surface area contributed by atoms with Crippen LogP contribution in [0.5, 0.6) is 0 Å². The Hall–Kier alpha value is -0.480. The van der Waals surface area contributed by atoms with Gasteiger partial charge in [0.05, 0.1) is 0 Å². The van der Waals surface area contributed by atoms with Crippen molar-refractivity contribution in [3.63, 3.8) is 0 Å². The summed E-state index contributed by atoms with van der Waals surface area (Å²) in [7, 11) is 0. The molecule has 0 aliphatic rings. The Bertz CT molecular complexity index is 339. The largest absolute Gasteiger partial charge is 0.481 e. The van der Waals surface area contributed by atoms with Crippen LogP contribution in [0.4, 0.5) is 0 Å². The Kier molecular flexibility index (Phi) is 4.48. The highest BCUT2D eigenvalue weighted by Gasteiger charge is 2.04. The van der Waals surface area contributed by atoms with E-state index in [2.05, 4.69) is 15.9 Å². The third-order valence-electron chi connectivity index (χ3n) is 1.86. The van der Waals surface area contributed by atoms with Gasteiger partial charge in [0.2, 0.25) is 0 Å². The van der Waals surface area contributed by atoms with E-state index in [1.54, 1.807) is 11.8 Å². The summed E-state index contributed by atoms with van der Waals surface area (Å²) in [6.45, 7) is 0. The zero-order valence-corrected chi connectivity index (χ0v) is 10.2. The van der Waals surface area contributed by atoms with Crippen molar-refractivity contribution in [1.82, 2.24) is 0 Å². The summed E-state index contributed by atoms with van der Waals surface area (Å²) in [4.78, 5) is 11.6. The molecule has 0 heterocycles. The van der Waals surface area contributed by atoms with Crippen molar-refractivity contribution in [3.8, 4) is 0 Å². The molecule has 0 aliphatic carbocycles. The zero-order chi connectivity index (χ0) is 10.6. The molecule has 0 spiro atoms. The molecule has 0 unspecified atom stereocenters. The Labute approximate surface area is 95.8 Å². The SMILES string of the molecule is CSc1ccc(Br)c(CCC(=O)O)c1. The molecule has 0 saturated heterocycles. The van der Waals surface area contributed by atoms with Crippen LogP contribution >= 0.6 is 27.7 Å². The Morgan fingerprint density at radius 1 is 1.57 bits per heavy atom. The van der Waals surface area contributed by atoms with Gasteiger partial charge in [0.15, 0.2) is 0 Å². The van der Waals surface area contributed by atoms with E-state index >= 15 is 0 Å². The average Bonchev–Trinajstić information content (AvgIpc) is 2.16. The van der Waals surface area contributed by atoms with Gasteiger partial charge in [-0.3, -0.25) is 4.79 Å². The van der Waals surface area contributed by atoms with Gasteiger partial charge in [0, 0.05) is 15.8 Å². The molecule has 1 aromatic carbocycles. The topological polar surface area (TPSA) is 37.3 Å². The van der Waals surface area contributed by atoms with E-state index in [-0.39, 0.29) is 6.42 Å². The molecule has 0 atom stereocenters. The van der Waals surface area contributed by atoms with Gasteiger partial charge in [0.1, 0.15) is 0 Å². The predicted octanol–water partition coefficient (Wildman–Crippen LogP) is 3.19. The van der Waals surface area contributed by atoms with Crippen molar-refractivity contribution in [2.75, 3.05) is 6.26 Å². The van der Waals surface area contributed by atoms with E-state index in [1.165, 1.54) is 0 Å². The van der Waals surface area contributed by atoms with Crippen LogP contribution in [0.1, 0.15) is 12.0 Å². The number of aryl methyl sites for hydroxylation is 1. The second-order valence-corrected chi connectivity index (χ2v) is 4.59. The third-order valence-corrected chi connectivity index (χ3v) is 3.36. The molecule has 1 aromatic rings. The lowest BCUT2D eigenvalue weighted by Gasteiger charge is -2.04. The lowest BCUT2D eigenvalue weighted by molar-refractivity contribution is -0.136. The average molecular weight is 275 g/mol. The second kappa shape index (κ2) is 5.41. The summed E-state index contributed by atoms with van der Waals surface area (Å²) >= 11 is 5.07. The van der Waals surface area contributed by atoms with Crippen LogP contribution in [0.25, 0.3) is 0 Å². The number of aliphatic carboxylic acids is 1. The summed E-state index contributed by atoms with van der Waals surface area (Å²) in [6.07, 6.45) is 2.75. The third kappa shape index (κ3) is 3.35. The normalized spacial score (nSPS) is 10.1. The van der Waals surface area contributed by atoms with Gasteiger partial charge in [-0.15, -0.1) is 11.8 Å². The first kappa shape index (κ1) is 11.6. The molecule has 0 bridgehead atoms. The Morgan fingerprint density at radius 3 is 2.86 bits per heavy atom. The van der Waals surface area contributed by atoms with Gasteiger partial charge in [-0.2, -0.15) is 0 Å². The van der Waals surface area contributed by atoms with Crippen LogP contribution in [0.2, 0.25) is 0 Å². The molecule has 4 heteroatoms. The van der Waals surface area contributed by atoms with Crippen molar-refractivity contribution in [3.05, 3.63) is 28.2 Å². The first-order valence-electron chi connectivity index (χ1n) is 4.17. The van der Waals surface area contributed by atoms with E-state index in [9.17, 15) is 4.79 Å². The molecule has 14 heavy (non-hydrogen) atoms. The van der Waals surface area contributed by atoms with Crippen LogP contribution in [0.15, 0.2) is 27.6 Å². The van der Waals surface area contributed by atoms with Crippen LogP contribution in [-0.4, -0.2) is 17.3 Å². The smallest absolute Gasteiger partial charge is 0.303 e. The monoisotopic (exact) mass is 274 g/mol. The maximum Gasteiger partial charge on any atom is 0.303 e. The maximum absolute atomic E-state index is 10.4. The second-order valence-electron chi connectivity index (χ2n) is 2.85. The molecule has 0 saturated carbocycles. The zero-order valence-electron chi connectivity index (χ0n) is 7.79. The number of hydrogen-bond acceptors (Lipinski definition) is 2. The fraction of sp³-hybridized carbons (Fsp3) is 0.300. The van der Waals surface area contributed by atoms with Crippen molar-refractivity contribution in [2.45, 2.75) is 17.7 Å². The van der Waals surface area contributed by atoms with E-state index in [0.29, 0.717) is 6.42 Å². The molecular formula is C10H11BrO2S. The number of thioether (sulfide) groups is 1. The predicted molar refractivity (Wildman–Crippen MR) is 61.9 cm³/mol. The molecule has 0 aromatic heterocycles. The lowest BCUT2D eigenvalue weighted by atomic mass is 10.1. The molecule has 0 fully saturated rings. The van der Waals surface area contributed by atoms with Crippen LogP contribution < -0.4 is 0 Å². The molecule has 2 nitrogen and oxygen atoms in total. The minimum atomic E-state index is -0.758. The highest BCUT2D eigenvalue weighted by molar-refractivity contribution is 9.10. The van der Waals surface area contributed by atoms with E-state index in [0.717, 1.165) is 14.9 Å². The van der Waals surface area contributed by atoms with E-state index in [1.807, 2.05) is 24.5 Å². The van der Waals surface area contributed by atoms with E-state index in [4.69, 9.17) is 5.11 Å². The van der Waals surface area contributed by atoms with Gasteiger partial charge < -0.3 is 5.11 Å². The number of rotatable bonds is 4. The molecule has 76 valence electrons.